The molecule has 144 valence electrons. The van der Waals surface area contributed by atoms with Gasteiger partial charge in [-0.15, -0.1) is 10.2 Å². The van der Waals surface area contributed by atoms with Gasteiger partial charge in [-0.2, -0.15) is 10.5 Å². The van der Waals surface area contributed by atoms with Gasteiger partial charge >= 0.3 is 0 Å². The van der Waals surface area contributed by atoms with E-state index in [9.17, 15) is 10.4 Å². The van der Waals surface area contributed by atoms with Crippen LogP contribution in [-0.4, -0.2) is 21.4 Å². The zero-order chi connectivity index (χ0) is 21.0. The molecule has 0 fully saturated rings. The maximum atomic E-state index is 10.3. The number of benzene rings is 2. The molecule has 8 heteroatoms. The number of aliphatic hydroxyl groups is 1. The van der Waals surface area contributed by atoms with Crippen LogP contribution in [0.3, 0.4) is 0 Å². The van der Waals surface area contributed by atoms with E-state index in [1.807, 2.05) is 0 Å². The molecule has 1 aromatic heterocycles. The van der Waals surface area contributed by atoms with Crippen molar-refractivity contribution in [2.24, 2.45) is 0 Å². The number of halogens is 1. The summed E-state index contributed by atoms with van der Waals surface area (Å²) in [5.74, 6) is 0.504. The van der Waals surface area contributed by atoms with Gasteiger partial charge in [-0.25, -0.2) is 0 Å². The first-order valence-corrected chi connectivity index (χ1v) is 9.70. The fourth-order valence-corrected chi connectivity index (χ4v) is 3.54. The van der Waals surface area contributed by atoms with Crippen LogP contribution in [0.25, 0.3) is 17.5 Å². The standard InChI is InChI=1S/C21H16IN5O2/c1-3-16-17(9-8-15(11-24)18(16)22)25-19(12(2)28)21-27-26-20(29-21)14-6-4-13(10-23)5-7-14/h3-9,12,19,25,28H,1H2,2H3/t12-,19?/m0/s1. The molecule has 0 bridgehead atoms. The lowest BCUT2D eigenvalue weighted by Gasteiger charge is -2.21. The van der Waals surface area contributed by atoms with Crippen LogP contribution in [0.5, 0.6) is 0 Å². The monoisotopic (exact) mass is 497 g/mol. The molecule has 1 unspecified atom stereocenters. The molecule has 1 heterocycles. The third-order valence-electron chi connectivity index (χ3n) is 4.27. The number of nitrogens with one attached hydrogen (secondary N) is 1. The number of rotatable bonds is 6. The maximum absolute atomic E-state index is 10.3. The summed E-state index contributed by atoms with van der Waals surface area (Å²) >= 11 is 2.09. The summed E-state index contributed by atoms with van der Waals surface area (Å²) in [6, 6.07) is 13.8. The second-order valence-electron chi connectivity index (χ2n) is 6.20. The molecule has 2 atom stereocenters. The first-order chi connectivity index (χ1) is 14.0. The van der Waals surface area contributed by atoms with Crippen LogP contribution in [0.4, 0.5) is 5.69 Å². The van der Waals surface area contributed by atoms with Gasteiger partial charge in [0.05, 0.1) is 23.3 Å². The van der Waals surface area contributed by atoms with Gasteiger partial charge in [0.15, 0.2) is 0 Å². The first-order valence-electron chi connectivity index (χ1n) is 8.62. The fraction of sp³-hybridized carbons (Fsp3) is 0.143. The number of hydrogen-bond donors (Lipinski definition) is 2. The van der Waals surface area contributed by atoms with Crippen LogP contribution in [0, 0.1) is 26.2 Å². The highest BCUT2D eigenvalue weighted by Gasteiger charge is 2.25. The summed E-state index contributed by atoms with van der Waals surface area (Å²) in [4.78, 5) is 0. The zero-order valence-corrected chi connectivity index (χ0v) is 17.6. The van der Waals surface area contributed by atoms with Gasteiger partial charge in [0.1, 0.15) is 12.1 Å². The Labute approximate surface area is 181 Å². The third kappa shape index (κ3) is 4.29. The summed E-state index contributed by atoms with van der Waals surface area (Å²) in [6.07, 6.45) is 0.815. The van der Waals surface area contributed by atoms with E-state index >= 15 is 0 Å². The smallest absolute Gasteiger partial charge is 0.247 e. The van der Waals surface area contributed by atoms with Gasteiger partial charge < -0.3 is 14.8 Å². The number of nitriles is 2. The van der Waals surface area contributed by atoms with Gasteiger partial charge in [0.2, 0.25) is 11.8 Å². The highest BCUT2D eigenvalue weighted by molar-refractivity contribution is 14.1. The second-order valence-corrected chi connectivity index (χ2v) is 7.28. The summed E-state index contributed by atoms with van der Waals surface area (Å²) in [6.45, 7) is 5.44. The molecule has 3 aromatic rings. The Morgan fingerprint density at radius 3 is 2.48 bits per heavy atom. The van der Waals surface area contributed by atoms with Crippen LogP contribution >= 0.6 is 22.6 Å². The molecule has 0 amide bonds. The topological polar surface area (TPSA) is 119 Å². The second kappa shape index (κ2) is 8.86. The number of anilines is 1. The molecule has 0 radical (unpaired) electrons. The first kappa shape index (κ1) is 20.5. The number of aliphatic hydroxyl groups excluding tert-OH is 1. The Hall–Kier alpha value is -3.21. The molecular weight excluding hydrogens is 481 g/mol. The van der Waals surface area contributed by atoms with Crippen LogP contribution in [0.15, 0.2) is 47.4 Å². The molecule has 0 aliphatic carbocycles. The summed E-state index contributed by atoms with van der Waals surface area (Å²) in [7, 11) is 0. The fourth-order valence-electron chi connectivity index (χ4n) is 2.73. The minimum atomic E-state index is -0.838. The quantitative estimate of drug-likeness (QED) is 0.489. The summed E-state index contributed by atoms with van der Waals surface area (Å²) < 4.78 is 6.54. The van der Waals surface area contributed by atoms with E-state index in [1.54, 1.807) is 49.4 Å². The van der Waals surface area contributed by atoms with Gasteiger partial charge in [0, 0.05) is 20.4 Å². The van der Waals surface area contributed by atoms with E-state index < -0.39 is 12.1 Å². The van der Waals surface area contributed by atoms with Crippen molar-refractivity contribution in [2.75, 3.05) is 5.32 Å². The molecule has 3 rings (SSSR count). The highest BCUT2D eigenvalue weighted by atomic mass is 127. The van der Waals surface area contributed by atoms with Crippen LogP contribution in [0.1, 0.15) is 35.5 Å². The molecule has 7 nitrogen and oxygen atoms in total. The van der Waals surface area contributed by atoms with Crippen molar-refractivity contribution in [3.8, 4) is 23.6 Å². The van der Waals surface area contributed by atoms with Gasteiger partial charge in [-0.1, -0.05) is 12.7 Å². The van der Waals surface area contributed by atoms with E-state index in [0.29, 0.717) is 22.4 Å². The van der Waals surface area contributed by atoms with E-state index in [1.165, 1.54) is 0 Å². The molecule has 2 aromatic carbocycles. The minimum Gasteiger partial charge on any atom is -0.418 e. The van der Waals surface area contributed by atoms with E-state index in [0.717, 1.165) is 9.13 Å². The van der Waals surface area contributed by atoms with Gasteiger partial charge in [-0.3, -0.25) is 0 Å². The largest absolute Gasteiger partial charge is 0.418 e. The summed E-state index contributed by atoms with van der Waals surface area (Å²) in [5, 5.41) is 39.8. The van der Waals surface area contributed by atoms with Crippen molar-refractivity contribution in [3.63, 3.8) is 0 Å². The molecule has 0 saturated heterocycles. The van der Waals surface area contributed by atoms with Crippen molar-refractivity contribution in [1.82, 2.24) is 10.2 Å². The molecule has 2 N–H and O–H groups in total. The van der Waals surface area contributed by atoms with Crippen molar-refractivity contribution < 1.29 is 9.52 Å². The maximum Gasteiger partial charge on any atom is 0.247 e. The minimum absolute atomic E-state index is 0.216. The Morgan fingerprint density at radius 1 is 1.17 bits per heavy atom. The number of aromatic nitrogens is 2. The molecule has 29 heavy (non-hydrogen) atoms. The Kier molecular flexibility index (Phi) is 6.27. The van der Waals surface area contributed by atoms with E-state index in [-0.39, 0.29) is 11.8 Å². The van der Waals surface area contributed by atoms with Crippen molar-refractivity contribution >= 4 is 34.4 Å². The average molecular weight is 497 g/mol. The van der Waals surface area contributed by atoms with Crippen molar-refractivity contribution in [1.29, 1.82) is 10.5 Å². The van der Waals surface area contributed by atoms with Crippen LogP contribution < -0.4 is 5.32 Å². The number of nitrogens with zero attached hydrogens (tertiary/aromatic N) is 4. The SMILES string of the molecule is C=Cc1c(NC(c2nnc(-c3ccc(C#N)cc3)o2)[C@H](C)O)ccc(C#N)c1I. The predicted molar refractivity (Wildman–Crippen MR) is 116 cm³/mol. The van der Waals surface area contributed by atoms with Crippen molar-refractivity contribution in [3.05, 3.63) is 69.1 Å². The average Bonchev–Trinajstić information content (AvgIpc) is 3.21. The molecule has 0 spiro atoms. The lowest BCUT2D eigenvalue weighted by Crippen LogP contribution is -2.23. The molecule has 0 saturated carbocycles. The Bertz CT molecular complexity index is 1120. The normalized spacial score (nSPS) is 12.4. The predicted octanol–water partition coefficient (Wildman–Crippen LogP) is 4.26. The third-order valence-corrected chi connectivity index (χ3v) is 5.43. The molecule has 0 aliphatic heterocycles. The Morgan fingerprint density at radius 2 is 1.90 bits per heavy atom. The number of hydrogen-bond acceptors (Lipinski definition) is 7. The highest BCUT2D eigenvalue weighted by Crippen LogP contribution is 2.31. The van der Waals surface area contributed by atoms with E-state index in [2.05, 4.69) is 56.8 Å². The van der Waals surface area contributed by atoms with E-state index in [4.69, 9.17) is 9.68 Å². The lowest BCUT2D eigenvalue weighted by atomic mass is 10.1. The molecule has 0 aliphatic rings. The van der Waals surface area contributed by atoms with Crippen LogP contribution in [-0.2, 0) is 0 Å². The molecular formula is C21H16IN5O2. The Balaban J connectivity index is 1.93. The van der Waals surface area contributed by atoms with Gasteiger partial charge in [0.25, 0.3) is 0 Å². The van der Waals surface area contributed by atoms with Gasteiger partial charge in [-0.05, 0) is 65.9 Å². The summed E-state index contributed by atoms with van der Waals surface area (Å²) in [5.41, 5.74) is 3.19. The van der Waals surface area contributed by atoms with Crippen LogP contribution in [0.2, 0.25) is 0 Å². The zero-order valence-electron chi connectivity index (χ0n) is 15.4. The lowest BCUT2D eigenvalue weighted by molar-refractivity contribution is 0.159. The van der Waals surface area contributed by atoms with Crippen molar-refractivity contribution in [2.45, 2.75) is 19.1 Å².